The molecule has 140 valence electrons. The normalized spacial score (nSPS) is 27.4. The van der Waals surface area contributed by atoms with E-state index < -0.39 is 11.0 Å². The number of hydrogen-bond acceptors (Lipinski definition) is 2. The summed E-state index contributed by atoms with van der Waals surface area (Å²) in [5.41, 5.74) is 3.43. The summed E-state index contributed by atoms with van der Waals surface area (Å²) in [6.45, 7) is 4.18. The number of carbonyl (C=O) groups excluding carboxylic acids is 1. The van der Waals surface area contributed by atoms with Crippen LogP contribution in [-0.4, -0.2) is 17.5 Å². The van der Waals surface area contributed by atoms with Crippen molar-refractivity contribution in [3.8, 4) is 0 Å². The Hall–Kier alpha value is -2.71. The second kappa shape index (κ2) is 6.15. The van der Waals surface area contributed by atoms with E-state index in [-0.39, 0.29) is 17.8 Å². The molecule has 0 spiro atoms. The minimum Gasteiger partial charge on any atom is -0.353 e. The molecule has 5 rings (SSSR count). The Morgan fingerprint density at radius 3 is 2.11 bits per heavy atom. The van der Waals surface area contributed by atoms with Crippen molar-refractivity contribution in [3.05, 3.63) is 107 Å². The summed E-state index contributed by atoms with van der Waals surface area (Å²) >= 11 is 0. The summed E-state index contributed by atoms with van der Waals surface area (Å²) in [5, 5.41) is 0. The molecule has 1 aliphatic carbocycles. The largest absolute Gasteiger partial charge is 0.353 e. The van der Waals surface area contributed by atoms with Crippen LogP contribution in [0, 0.1) is 5.92 Å². The van der Waals surface area contributed by atoms with Gasteiger partial charge in [-0.25, -0.2) is 0 Å². The molecule has 3 aliphatic rings. The van der Waals surface area contributed by atoms with Crippen molar-refractivity contribution in [2.24, 2.45) is 5.92 Å². The van der Waals surface area contributed by atoms with Gasteiger partial charge >= 0.3 is 0 Å². The lowest BCUT2D eigenvalue weighted by molar-refractivity contribution is -0.155. The zero-order valence-corrected chi connectivity index (χ0v) is 16.3. The summed E-state index contributed by atoms with van der Waals surface area (Å²) < 4.78 is 6.79. The third-order valence-electron chi connectivity index (χ3n) is 6.60. The standard InChI is InChI=1S/C26H24O2/c1-18(2)26-22-15-9-14-21(22)25(19-10-5-3-6-11-19,20-12-7-4-8-13-20)24(28-26)17-16-23(26)27/h3-14,16-18,24H,15H2,1-2H3/t24-,26-/m1/s1. The van der Waals surface area contributed by atoms with Crippen LogP contribution in [0.2, 0.25) is 0 Å². The van der Waals surface area contributed by atoms with Crippen LogP contribution in [-0.2, 0) is 14.9 Å². The third kappa shape index (κ3) is 2.04. The summed E-state index contributed by atoms with van der Waals surface area (Å²) in [5.74, 6) is 0.145. The molecule has 2 bridgehead atoms. The van der Waals surface area contributed by atoms with Gasteiger partial charge < -0.3 is 4.74 Å². The van der Waals surface area contributed by atoms with Crippen LogP contribution < -0.4 is 0 Å². The second-order valence-corrected chi connectivity index (χ2v) is 8.19. The van der Waals surface area contributed by atoms with Crippen LogP contribution in [0.1, 0.15) is 31.4 Å². The first-order chi connectivity index (χ1) is 13.6. The number of rotatable bonds is 3. The lowest BCUT2D eigenvalue weighted by atomic mass is 9.58. The second-order valence-electron chi connectivity index (χ2n) is 8.19. The topological polar surface area (TPSA) is 26.3 Å². The van der Waals surface area contributed by atoms with Gasteiger partial charge in [-0.1, -0.05) is 92.7 Å². The molecule has 2 aliphatic heterocycles. The smallest absolute Gasteiger partial charge is 0.191 e. The molecule has 2 heteroatoms. The van der Waals surface area contributed by atoms with Crippen LogP contribution >= 0.6 is 0 Å². The molecular weight excluding hydrogens is 344 g/mol. The Kier molecular flexibility index (Phi) is 3.82. The van der Waals surface area contributed by atoms with Gasteiger partial charge in [0.25, 0.3) is 0 Å². The van der Waals surface area contributed by atoms with Crippen molar-refractivity contribution in [3.63, 3.8) is 0 Å². The van der Waals surface area contributed by atoms with E-state index in [1.54, 1.807) is 6.08 Å². The number of hydrogen-bond donors (Lipinski definition) is 0. The van der Waals surface area contributed by atoms with E-state index in [0.29, 0.717) is 0 Å². The monoisotopic (exact) mass is 368 g/mol. The maximum absolute atomic E-state index is 13.1. The van der Waals surface area contributed by atoms with Crippen molar-refractivity contribution >= 4 is 5.78 Å². The van der Waals surface area contributed by atoms with Crippen LogP contribution in [0.25, 0.3) is 0 Å². The van der Waals surface area contributed by atoms with Crippen LogP contribution in [0.15, 0.2) is 96.1 Å². The Bertz CT molecular complexity index is 971. The highest BCUT2D eigenvalue weighted by atomic mass is 16.5. The fourth-order valence-electron chi connectivity index (χ4n) is 5.41. The molecule has 2 aromatic carbocycles. The van der Waals surface area contributed by atoms with Crippen molar-refractivity contribution < 1.29 is 9.53 Å². The van der Waals surface area contributed by atoms with Gasteiger partial charge in [0.05, 0.1) is 11.5 Å². The first-order valence-electron chi connectivity index (χ1n) is 10.0. The van der Waals surface area contributed by atoms with Gasteiger partial charge in [0.15, 0.2) is 11.4 Å². The van der Waals surface area contributed by atoms with Crippen molar-refractivity contribution in [2.75, 3.05) is 0 Å². The highest BCUT2D eigenvalue weighted by Crippen LogP contribution is 2.57. The Labute approximate surface area is 166 Å². The molecule has 0 radical (unpaired) electrons. The maximum Gasteiger partial charge on any atom is 0.191 e. The van der Waals surface area contributed by atoms with Gasteiger partial charge in [0.2, 0.25) is 0 Å². The predicted octanol–water partition coefficient (Wildman–Crippen LogP) is 5.16. The lowest BCUT2D eigenvalue weighted by Gasteiger charge is -2.54. The molecule has 0 aromatic heterocycles. The number of allylic oxidation sites excluding steroid dienone is 2. The van der Waals surface area contributed by atoms with E-state index in [1.165, 1.54) is 16.7 Å². The molecule has 0 N–H and O–H groups in total. The number of ketones is 1. The number of carbonyl (C=O) groups is 1. The van der Waals surface area contributed by atoms with Crippen LogP contribution in [0.4, 0.5) is 0 Å². The lowest BCUT2D eigenvalue weighted by Crippen LogP contribution is -2.61. The first-order valence-corrected chi connectivity index (χ1v) is 10.0. The third-order valence-corrected chi connectivity index (χ3v) is 6.60. The molecule has 0 saturated carbocycles. The number of ether oxygens (including phenoxy) is 1. The van der Waals surface area contributed by atoms with Crippen molar-refractivity contribution in [2.45, 2.75) is 37.4 Å². The van der Waals surface area contributed by atoms with Gasteiger partial charge in [-0.3, -0.25) is 4.79 Å². The number of benzene rings is 2. The van der Waals surface area contributed by atoms with E-state index in [0.717, 1.165) is 12.0 Å². The minimum absolute atomic E-state index is 0.0712. The summed E-state index contributed by atoms with van der Waals surface area (Å²) in [6.07, 6.45) is 8.68. The molecule has 2 atom stereocenters. The molecule has 2 nitrogen and oxygen atoms in total. The highest BCUT2D eigenvalue weighted by Gasteiger charge is 2.60. The molecule has 2 aromatic rings. The summed E-state index contributed by atoms with van der Waals surface area (Å²) in [4.78, 5) is 13.1. The van der Waals surface area contributed by atoms with E-state index in [4.69, 9.17) is 4.74 Å². The van der Waals surface area contributed by atoms with Crippen molar-refractivity contribution in [1.29, 1.82) is 0 Å². The van der Waals surface area contributed by atoms with E-state index in [2.05, 4.69) is 74.5 Å². The average Bonchev–Trinajstić information content (AvgIpc) is 3.22. The first kappa shape index (κ1) is 17.4. The fraction of sp³-hybridized carbons (Fsp3) is 0.269. The molecule has 2 heterocycles. The van der Waals surface area contributed by atoms with Gasteiger partial charge in [-0.05, 0) is 40.7 Å². The molecular formula is C26H24O2. The Morgan fingerprint density at radius 1 is 0.929 bits per heavy atom. The summed E-state index contributed by atoms with van der Waals surface area (Å²) in [7, 11) is 0. The fourth-order valence-corrected chi connectivity index (χ4v) is 5.41. The average molecular weight is 368 g/mol. The molecule has 0 saturated heterocycles. The highest BCUT2D eigenvalue weighted by molar-refractivity contribution is 6.02. The summed E-state index contributed by atoms with van der Waals surface area (Å²) in [6, 6.07) is 21.2. The van der Waals surface area contributed by atoms with Crippen molar-refractivity contribution in [1.82, 2.24) is 0 Å². The zero-order chi connectivity index (χ0) is 19.4. The van der Waals surface area contributed by atoms with E-state index in [1.807, 2.05) is 18.2 Å². The maximum atomic E-state index is 13.1. The van der Waals surface area contributed by atoms with Crippen LogP contribution in [0.3, 0.4) is 0 Å². The Morgan fingerprint density at radius 2 is 1.54 bits per heavy atom. The zero-order valence-electron chi connectivity index (χ0n) is 16.3. The van der Waals surface area contributed by atoms with Gasteiger partial charge in [0, 0.05) is 0 Å². The van der Waals surface area contributed by atoms with E-state index in [9.17, 15) is 4.79 Å². The molecule has 0 fully saturated rings. The minimum atomic E-state index is -0.856. The van der Waals surface area contributed by atoms with E-state index >= 15 is 0 Å². The molecule has 0 unspecified atom stereocenters. The predicted molar refractivity (Wildman–Crippen MR) is 111 cm³/mol. The molecule has 28 heavy (non-hydrogen) atoms. The van der Waals surface area contributed by atoms with Crippen LogP contribution in [0.5, 0.6) is 0 Å². The Balaban J connectivity index is 1.90. The van der Waals surface area contributed by atoms with Gasteiger partial charge in [-0.15, -0.1) is 0 Å². The quantitative estimate of drug-likeness (QED) is 0.748. The number of fused-ring (bicyclic) bond motifs is 3. The molecule has 0 amide bonds. The van der Waals surface area contributed by atoms with Gasteiger partial charge in [-0.2, -0.15) is 0 Å². The van der Waals surface area contributed by atoms with Gasteiger partial charge in [0.1, 0.15) is 0 Å². The SMILES string of the molecule is CC(C)[C@]12O[C@H](C=CC1=O)C(c1ccccc1)(c1ccccc1)C1=C2CC=C1.